The molecule has 3 N–H and O–H groups in total. The van der Waals surface area contributed by atoms with Gasteiger partial charge < -0.3 is 15.7 Å². The summed E-state index contributed by atoms with van der Waals surface area (Å²) >= 11 is 0. The van der Waals surface area contributed by atoms with Gasteiger partial charge in [-0.15, -0.1) is 6.42 Å². The number of hydrogen-bond donors (Lipinski definition) is 3. The normalized spacial score (nSPS) is 15.2. The second kappa shape index (κ2) is 7.55. The first-order chi connectivity index (χ1) is 7.92. The number of terminal acetylenes is 1. The summed E-state index contributed by atoms with van der Waals surface area (Å²) in [6, 6.07) is -1.19. The third-order valence-electron chi connectivity index (χ3n) is 2.58. The molecule has 0 heterocycles. The fourth-order valence-corrected chi connectivity index (χ4v) is 1.23. The molecule has 0 bridgehead atoms. The zero-order valence-corrected chi connectivity index (χ0v) is 10.5. The monoisotopic (exact) mass is 240 g/mol. The van der Waals surface area contributed by atoms with E-state index in [1.54, 1.807) is 6.92 Å². The van der Waals surface area contributed by atoms with E-state index in [-0.39, 0.29) is 6.04 Å². The molecule has 96 valence electrons. The van der Waals surface area contributed by atoms with E-state index in [1.165, 1.54) is 6.92 Å². The van der Waals surface area contributed by atoms with Crippen LogP contribution in [0.15, 0.2) is 0 Å². The Morgan fingerprint density at radius 2 is 1.94 bits per heavy atom. The van der Waals surface area contributed by atoms with Gasteiger partial charge in [0, 0.05) is 6.04 Å². The predicted molar refractivity (Wildman–Crippen MR) is 65.5 cm³/mol. The summed E-state index contributed by atoms with van der Waals surface area (Å²) in [4.78, 5) is 22.2. The summed E-state index contributed by atoms with van der Waals surface area (Å²) in [5.74, 6) is 0.884. The van der Waals surface area contributed by atoms with E-state index in [2.05, 4.69) is 16.6 Å². The van der Waals surface area contributed by atoms with Crippen LogP contribution >= 0.6 is 0 Å². The summed E-state index contributed by atoms with van der Waals surface area (Å²) < 4.78 is 0. The molecule has 0 spiro atoms. The Bertz CT molecular complexity index is 309. The van der Waals surface area contributed by atoms with Crippen LogP contribution in [0, 0.1) is 18.3 Å². The van der Waals surface area contributed by atoms with Gasteiger partial charge >= 0.3 is 12.0 Å². The van der Waals surface area contributed by atoms with Crippen molar-refractivity contribution in [2.45, 2.75) is 45.7 Å². The lowest BCUT2D eigenvalue weighted by Crippen LogP contribution is -2.48. The number of urea groups is 1. The van der Waals surface area contributed by atoms with Gasteiger partial charge in [-0.3, -0.25) is 4.79 Å². The minimum atomic E-state index is -0.945. The molecule has 5 nitrogen and oxygen atoms in total. The highest BCUT2D eigenvalue weighted by atomic mass is 16.4. The Labute approximate surface area is 102 Å². The van der Waals surface area contributed by atoms with Crippen molar-refractivity contribution >= 4 is 12.0 Å². The van der Waals surface area contributed by atoms with Crippen LogP contribution in [0.4, 0.5) is 4.79 Å². The molecule has 0 aromatic heterocycles. The largest absolute Gasteiger partial charge is 0.481 e. The third-order valence-corrected chi connectivity index (χ3v) is 2.58. The van der Waals surface area contributed by atoms with Crippen LogP contribution in [0.25, 0.3) is 0 Å². The van der Waals surface area contributed by atoms with Crippen molar-refractivity contribution in [3.8, 4) is 12.3 Å². The molecule has 0 rings (SSSR count). The van der Waals surface area contributed by atoms with E-state index in [0.29, 0.717) is 6.42 Å². The minimum Gasteiger partial charge on any atom is -0.481 e. The van der Waals surface area contributed by atoms with Gasteiger partial charge in [-0.2, -0.15) is 0 Å². The van der Waals surface area contributed by atoms with Crippen molar-refractivity contribution < 1.29 is 14.7 Å². The fraction of sp³-hybridized carbons (Fsp3) is 0.667. The van der Waals surface area contributed by atoms with E-state index in [1.807, 2.05) is 6.92 Å². The molecular formula is C12H20N2O3. The first-order valence-corrected chi connectivity index (χ1v) is 5.68. The van der Waals surface area contributed by atoms with Crippen molar-refractivity contribution in [3.05, 3.63) is 0 Å². The second-order valence-corrected chi connectivity index (χ2v) is 4.04. The molecule has 0 saturated heterocycles. The Morgan fingerprint density at radius 1 is 1.35 bits per heavy atom. The van der Waals surface area contributed by atoms with Gasteiger partial charge in [-0.25, -0.2) is 4.79 Å². The lowest BCUT2D eigenvalue weighted by Gasteiger charge is -2.19. The molecule has 0 fully saturated rings. The molecule has 2 amide bonds. The molecule has 0 aliphatic rings. The number of amides is 2. The van der Waals surface area contributed by atoms with Gasteiger partial charge in [0.25, 0.3) is 0 Å². The zero-order valence-electron chi connectivity index (χ0n) is 10.5. The molecule has 3 unspecified atom stereocenters. The molecule has 0 aliphatic heterocycles. The van der Waals surface area contributed by atoms with Crippen LogP contribution < -0.4 is 10.6 Å². The van der Waals surface area contributed by atoms with E-state index >= 15 is 0 Å². The maximum Gasteiger partial charge on any atom is 0.315 e. The second-order valence-electron chi connectivity index (χ2n) is 4.04. The van der Waals surface area contributed by atoms with Gasteiger partial charge in [0.05, 0.1) is 12.0 Å². The summed E-state index contributed by atoms with van der Waals surface area (Å²) in [6.07, 6.45) is 6.83. The van der Waals surface area contributed by atoms with Crippen molar-refractivity contribution in [1.29, 1.82) is 0 Å². The Hall–Kier alpha value is -1.70. The average Bonchev–Trinajstić information content (AvgIpc) is 2.26. The van der Waals surface area contributed by atoms with E-state index in [4.69, 9.17) is 11.5 Å². The average molecular weight is 240 g/mol. The molecule has 0 radical (unpaired) electrons. The van der Waals surface area contributed by atoms with E-state index < -0.39 is 24.0 Å². The van der Waals surface area contributed by atoms with Crippen LogP contribution in [0.1, 0.15) is 33.6 Å². The molecule has 17 heavy (non-hydrogen) atoms. The number of carbonyl (C=O) groups is 2. The maximum atomic E-state index is 11.5. The first kappa shape index (κ1) is 15.3. The molecule has 0 aromatic rings. The Kier molecular flexibility index (Phi) is 6.80. The van der Waals surface area contributed by atoms with E-state index in [9.17, 15) is 9.59 Å². The molecule has 0 saturated carbocycles. The molecule has 0 aliphatic carbocycles. The number of hydrogen-bond acceptors (Lipinski definition) is 2. The SMILES string of the molecule is C#CC(CCC)NC(=O)NC(C)C(C)C(=O)O. The predicted octanol–water partition coefficient (Wildman–Crippen LogP) is 1.20. The summed E-state index contributed by atoms with van der Waals surface area (Å²) in [7, 11) is 0. The van der Waals surface area contributed by atoms with Gasteiger partial charge in [-0.1, -0.05) is 19.3 Å². The standard InChI is InChI=1S/C12H20N2O3/c1-5-7-10(6-2)14-12(17)13-9(4)8(3)11(15)16/h2,8-10H,5,7H2,1,3-4H3,(H,15,16)(H2,13,14,17). The smallest absolute Gasteiger partial charge is 0.315 e. The highest BCUT2D eigenvalue weighted by Gasteiger charge is 2.21. The highest BCUT2D eigenvalue weighted by Crippen LogP contribution is 2.02. The number of nitrogens with one attached hydrogen (secondary N) is 2. The summed E-state index contributed by atoms with van der Waals surface area (Å²) in [5, 5.41) is 13.9. The topological polar surface area (TPSA) is 78.4 Å². The van der Waals surface area contributed by atoms with Crippen LogP contribution in [0.2, 0.25) is 0 Å². The van der Waals surface area contributed by atoms with Crippen LogP contribution in [-0.4, -0.2) is 29.2 Å². The molecule has 5 heteroatoms. The van der Waals surface area contributed by atoms with Gasteiger partial charge in [0.15, 0.2) is 0 Å². The summed E-state index contributed by atoms with van der Waals surface area (Å²) in [6.45, 7) is 5.15. The zero-order chi connectivity index (χ0) is 13.4. The molecule has 0 aromatic carbocycles. The van der Waals surface area contributed by atoms with Crippen LogP contribution in [0.5, 0.6) is 0 Å². The first-order valence-electron chi connectivity index (χ1n) is 5.68. The number of rotatable bonds is 6. The number of carboxylic acids is 1. The number of aliphatic carboxylic acids is 1. The van der Waals surface area contributed by atoms with Crippen LogP contribution in [0.3, 0.4) is 0 Å². The van der Waals surface area contributed by atoms with Crippen molar-refractivity contribution in [3.63, 3.8) is 0 Å². The highest BCUT2D eigenvalue weighted by molar-refractivity contribution is 5.77. The maximum absolute atomic E-state index is 11.5. The minimum absolute atomic E-state index is 0.313. The van der Waals surface area contributed by atoms with Gasteiger partial charge in [-0.05, 0) is 20.3 Å². The van der Waals surface area contributed by atoms with Crippen molar-refractivity contribution in [2.24, 2.45) is 5.92 Å². The Balaban J connectivity index is 4.18. The van der Waals surface area contributed by atoms with E-state index in [0.717, 1.165) is 6.42 Å². The van der Waals surface area contributed by atoms with Gasteiger partial charge in [0.1, 0.15) is 0 Å². The van der Waals surface area contributed by atoms with Crippen molar-refractivity contribution in [1.82, 2.24) is 10.6 Å². The Morgan fingerprint density at radius 3 is 2.35 bits per heavy atom. The quantitative estimate of drug-likeness (QED) is 0.610. The molecular weight excluding hydrogens is 220 g/mol. The van der Waals surface area contributed by atoms with Crippen molar-refractivity contribution in [2.75, 3.05) is 0 Å². The fourth-order valence-electron chi connectivity index (χ4n) is 1.23. The number of carboxylic acid groups (broad SMARTS) is 1. The van der Waals surface area contributed by atoms with Crippen LogP contribution in [-0.2, 0) is 4.79 Å². The third kappa shape index (κ3) is 5.81. The lowest BCUT2D eigenvalue weighted by molar-refractivity contribution is -0.141. The summed E-state index contributed by atoms with van der Waals surface area (Å²) in [5.41, 5.74) is 0. The molecule has 3 atom stereocenters. The lowest BCUT2D eigenvalue weighted by atomic mass is 10.0. The number of carbonyl (C=O) groups excluding carboxylic acids is 1. The van der Waals surface area contributed by atoms with Gasteiger partial charge in [0.2, 0.25) is 0 Å².